The predicted molar refractivity (Wildman–Crippen MR) is 88.6 cm³/mol. The minimum absolute atomic E-state index is 0.0280. The number of amides is 1. The number of hydrogen-bond acceptors (Lipinski definition) is 1. The molecule has 0 fully saturated rings. The molecule has 0 aliphatic rings. The molecule has 21 heavy (non-hydrogen) atoms. The molecule has 3 heteroatoms. The van der Waals surface area contributed by atoms with Gasteiger partial charge >= 0.3 is 0 Å². The molecule has 0 heterocycles. The number of rotatable bonds is 5. The van der Waals surface area contributed by atoms with E-state index in [0.29, 0.717) is 5.92 Å². The van der Waals surface area contributed by atoms with Crippen LogP contribution in [0.25, 0.3) is 11.1 Å². The first-order chi connectivity index (χ1) is 10.1. The van der Waals surface area contributed by atoms with E-state index in [0.717, 1.165) is 23.6 Å². The summed E-state index contributed by atoms with van der Waals surface area (Å²) in [5.74, 6) is 0.455. The Morgan fingerprint density at radius 2 is 1.57 bits per heavy atom. The van der Waals surface area contributed by atoms with Crippen molar-refractivity contribution >= 4 is 17.5 Å². The molecule has 0 aliphatic carbocycles. The van der Waals surface area contributed by atoms with Gasteiger partial charge in [0.25, 0.3) is 0 Å². The second-order valence-electron chi connectivity index (χ2n) is 5.30. The van der Waals surface area contributed by atoms with E-state index >= 15 is 0 Å². The summed E-state index contributed by atoms with van der Waals surface area (Å²) in [4.78, 5) is 10.9. The first-order valence-corrected chi connectivity index (χ1v) is 7.54. The minimum Gasteiger partial charge on any atom is -0.356 e. The number of carbonyl (C=O) groups is 1. The van der Waals surface area contributed by atoms with Gasteiger partial charge in [-0.15, -0.1) is 0 Å². The molecule has 0 bridgehead atoms. The Morgan fingerprint density at radius 1 is 1.05 bits per heavy atom. The molecule has 0 saturated carbocycles. The lowest BCUT2D eigenvalue weighted by atomic mass is 9.95. The molecule has 2 nitrogen and oxygen atoms in total. The van der Waals surface area contributed by atoms with E-state index in [9.17, 15) is 4.79 Å². The molecule has 0 radical (unpaired) electrons. The van der Waals surface area contributed by atoms with Crippen LogP contribution >= 0.6 is 11.6 Å². The molecule has 1 unspecified atom stereocenters. The van der Waals surface area contributed by atoms with E-state index in [2.05, 4.69) is 36.5 Å². The maximum Gasteiger partial charge on any atom is 0.216 e. The molecule has 1 N–H and O–H groups in total. The Hall–Kier alpha value is -1.80. The first kappa shape index (κ1) is 15.6. The quantitative estimate of drug-likeness (QED) is 0.856. The van der Waals surface area contributed by atoms with Crippen molar-refractivity contribution in [2.24, 2.45) is 0 Å². The Labute approximate surface area is 131 Å². The van der Waals surface area contributed by atoms with E-state index in [1.807, 2.05) is 24.3 Å². The van der Waals surface area contributed by atoms with E-state index in [1.165, 1.54) is 11.1 Å². The third-order valence-electron chi connectivity index (χ3n) is 3.61. The van der Waals surface area contributed by atoms with Crippen LogP contribution in [0.15, 0.2) is 48.5 Å². The molecule has 0 spiro atoms. The molecule has 1 amide bonds. The highest BCUT2D eigenvalue weighted by atomic mass is 35.5. The van der Waals surface area contributed by atoms with Gasteiger partial charge in [-0.3, -0.25) is 4.79 Å². The van der Waals surface area contributed by atoms with Gasteiger partial charge in [-0.2, -0.15) is 0 Å². The largest absolute Gasteiger partial charge is 0.356 e. The lowest BCUT2D eigenvalue weighted by molar-refractivity contribution is -0.118. The normalized spacial score (nSPS) is 12.0. The van der Waals surface area contributed by atoms with Gasteiger partial charge < -0.3 is 5.32 Å². The van der Waals surface area contributed by atoms with Crippen LogP contribution in [0.3, 0.4) is 0 Å². The summed E-state index contributed by atoms with van der Waals surface area (Å²) in [5.41, 5.74) is 3.64. The summed E-state index contributed by atoms with van der Waals surface area (Å²) in [5, 5.41) is 3.59. The molecule has 2 rings (SSSR count). The van der Waals surface area contributed by atoms with Crippen LogP contribution in [0.2, 0.25) is 5.02 Å². The highest BCUT2D eigenvalue weighted by molar-refractivity contribution is 6.30. The summed E-state index contributed by atoms with van der Waals surface area (Å²) in [7, 11) is 0. The maximum atomic E-state index is 10.9. The van der Waals surface area contributed by atoms with Gasteiger partial charge in [0.15, 0.2) is 0 Å². The molecule has 110 valence electrons. The molecule has 1 atom stereocenters. The third-order valence-corrected chi connectivity index (χ3v) is 3.86. The Morgan fingerprint density at radius 3 is 2.10 bits per heavy atom. The van der Waals surface area contributed by atoms with Gasteiger partial charge in [-0.25, -0.2) is 0 Å². The maximum absolute atomic E-state index is 10.9. The van der Waals surface area contributed by atoms with Gasteiger partial charge in [0, 0.05) is 18.5 Å². The van der Waals surface area contributed by atoms with Crippen molar-refractivity contribution in [3.63, 3.8) is 0 Å². The Kier molecular flexibility index (Phi) is 5.40. The molecule has 0 aromatic heterocycles. The van der Waals surface area contributed by atoms with Crippen LogP contribution in [0.1, 0.15) is 31.7 Å². The van der Waals surface area contributed by atoms with Gasteiger partial charge in [-0.05, 0) is 41.2 Å². The smallest absolute Gasteiger partial charge is 0.216 e. The zero-order valence-corrected chi connectivity index (χ0v) is 13.2. The molecule has 0 aliphatic heterocycles. The average Bonchev–Trinajstić information content (AvgIpc) is 2.48. The van der Waals surface area contributed by atoms with Crippen LogP contribution in [-0.2, 0) is 4.79 Å². The summed E-state index contributed by atoms with van der Waals surface area (Å²) in [6, 6.07) is 16.4. The van der Waals surface area contributed by atoms with Crippen LogP contribution in [-0.4, -0.2) is 12.5 Å². The van der Waals surface area contributed by atoms with E-state index in [1.54, 1.807) is 6.92 Å². The van der Waals surface area contributed by atoms with Crippen LogP contribution in [0, 0.1) is 0 Å². The van der Waals surface area contributed by atoms with Crippen LogP contribution in [0.4, 0.5) is 0 Å². The lowest BCUT2D eigenvalue weighted by Crippen LogP contribution is -2.22. The number of carbonyl (C=O) groups excluding carboxylic acids is 1. The highest BCUT2D eigenvalue weighted by Gasteiger charge is 2.06. The van der Waals surface area contributed by atoms with Gasteiger partial charge in [0.1, 0.15) is 0 Å². The summed E-state index contributed by atoms with van der Waals surface area (Å²) >= 11 is 5.91. The molecular formula is C18H20ClNO. The highest BCUT2D eigenvalue weighted by Crippen LogP contribution is 2.25. The van der Waals surface area contributed by atoms with E-state index in [-0.39, 0.29) is 5.91 Å². The topological polar surface area (TPSA) is 29.1 Å². The monoisotopic (exact) mass is 301 g/mol. The van der Waals surface area contributed by atoms with Crippen molar-refractivity contribution in [1.82, 2.24) is 5.32 Å². The van der Waals surface area contributed by atoms with Crippen molar-refractivity contribution < 1.29 is 4.79 Å². The number of hydrogen-bond donors (Lipinski definition) is 1. The third kappa shape index (κ3) is 4.61. The van der Waals surface area contributed by atoms with Crippen molar-refractivity contribution in [2.75, 3.05) is 6.54 Å². The van der Waals surface area contributed by atoms with Crippen molar-refractivity contribution in [2.45, 2.75) is 26.2 Å². The lowest BCUT2D eigenvalue weighted by Gasteiger charge is -2.13. The summed E-state index contributed by atoms with van der Waals surface area (Å²) in [6.45, 7) is 4.44. The van der Waals surface area contributed by atoms with Crippen LogP contribution < -0.4 is 5.32 Å². The van der Waals surface area contributed by atoms with Crippen molar-refractivity contribution in [3.05, 3.63) is 59.1 Å². The Balaban J connectivity index is 2.01. The number of nitrogens with one attached hydrogen (secondary N) is 1. The molecule has 2 aromatic rings. The summed E-state index contributed by atoms with van der Waals surface area (Å²) < 4.78 is 0. The van der Waals surface area contributed by atoms with E-state index in [4.69, 9.17) is 11.6 Å². The fraction of sp³-hybridized carbons (Fsp3) is 0.278. The fourth-order valence-electron chi connectivity index (χ4n) is 2.28. The van der Waals surface area contributed by atoms with E-state index < -0.39 is 0 Å². The SMILES string of the molecule is CC(=O)NCCC(C)c1ccc(-c2ccc(Cl)cc2)cc1. The van der Waals surface area contributed by atoms with Crippen molar-refractivity contribution in [1.29, 1.82) is 0 Å². The molecule has 2 aromatic carbocycles. The predicted octanol–water partition coefficient (Wildman–Crippen LogP) is 4.64. The zero-order chi connectivity index (χ0) is 15.2. The second kappa shape index (κ2) is 7.28. The van der Waals surface area contributed by atoms with Crippen molar-refractivity contribution in [3.8, 4) is 11.1 Å². The number of benzene rings is 2. The molecule has 0 saturated heterocycles. The Bertz CT molecular complexity index is 590. The van der Waals surface area contributed by atoms with Gasteiger partial charge in [0.2, 0.25) is 5.91 Å². The second-order valence-corrected chi connectivity index (χ2v) is 5.74. The van der Waals surface area contributed by atoms with Crippen LogP contribution in [0.5, 0.6) is 0 Å². The first-order valence-electron chi connectivity index (χ1n) is 7.16. The van der Waals surface area contributed by atoms with Gasteiger partial charge in [0.05, 0.1) is 0 Å². The fourth-order valence-corrected chi connectivity index (χ4v) is 2.40. The zero-order valence-electron chi connectivity index (χ0n) is 12.4. The summed E-state index contributed by atoms with van der Waals surface area (Å²) in [6.07, 6.45) is 0.944. The minimum atomic E-state index is 0.0280. The number of halogens is 1. The van der Waals surface area contributed by atoms with Gasteiger partial charge in [-0.1, -0.05) is 54.9 Å². The standard InChI is InChI=1S/C18H20ClNO/c1-13(11-12-20-14(2)21)15-3-5-16(6-4-15)17-7-9-18(19)10-8-17/h3-10,13H,11-12H2,1-2H3,(H,20,21). The average molecular weight is 302 g/mol. The molecular weight excluding hydrogens is 282 g/mol.